The molecule has 0 spiro atoms. The minimum atomic E-state index is 0.669. The molecule has 2 N–H and O–H groups in total. The van der Waals surface area contributed by atoms with Crippen LogP contribution >= 0.6 is 11.3 Å². The number of hydrogen-bond acceptors (Lipinski definition) is 4. The standard InChI is InChI=1S/C19H20N2OS/c1-14-19(15-7-3-2-4-8-15)21-18(23-14)11-6-12-22-17-10-5-9-16(20)13-17/h2-5,7-10,13H,6,11-12,20H2,1H3. The molecule has 0 bridgehead atoms. The van der Waals surface area contributed by atoms with Gasteiger partial charge in [-0.05, 0) is 25.5 Å². The minimum Gasteiger partial charge on any atom is -0.494 e. The second kappa shape index (κ2) is 7.29. The molecule has 0 unspecified atom stereocenters. The maximum absolute atomic E-state index is 5.74. The fourth-order valence-electron chi connectivity index (χ4n) is 2.44. The van der Waals surface area contributed by atoms with E-state index in [9.17, 15) is 0 Å². The van der Waals surface area contributed by atoms with Crippen LogP contribution < -0.4 is 10.5 Å². The van der Waals surface area contributed by atoms with E-state index in [0.717, 1.165) is 35.0 Å². The lowest BCUT2D eigenvalue weighted by Crippen LogP contribution is -1.99. The topological polar surface area (TPSA) is 48.1 Å². The third-order valence-corrected chi connectivity index (χ3v) is 4.58. The van der Waals surface area contributed by atoms with Crippen LogP contribution in [0.5, 0.6) is 5.75 Å². The number of anilines is 1. The zero-order valence-corrected chi connectivity index (χ0v) is 14.0. The van der Waals surface area contributed by atoms with Gasteiger partial charge in [0.15, 0.2) is 0 Å². The number of nitrogen functional groups attached to an aromatic ring is 1. The van der Waals surface area contributed by atoms with Crippen LogP contribution in [0.3, 0.4) is 0 Å². The molecular formula is C19H20N2OS. The summed E-state index contributed by atoms with van der Waals surface area (Å²) in [5.41, 5.74) is 8.75. The van der Waals surface area contributed by atoms with Crippen LogP contribution in [0.15, 0.2) is 54.6 Å². The molecule has 0 saturated carbocycles. The van der Waals surface area contributed by atoms with Crippen molar-refractivity contribution < 1.29 is 4.74 Å². The van der Waals surface area contributed by atoms with E-state index in [2.05, 4.69) is 19.1 Å². The molecule has 118 valence electrons. The number of nitrogens with two attached hydrogens (primary N) is 1. The Balaban J connectivity index is 1.55. The summed E-state index contributed by atoms with van der Waals surface area (Å²) >= 11 is 1.77. The van der Waals surface area contributed by atoms with Crippen molar-refractivity contribution >= 4 is 17.0 Å². The Morgan fingerprint density at radius 1 is 1.09 bits per heavy atom. The van der Waals surface area contributed by atoms with Crippen molar-refractivity contribution in [3.8, 4) is 17.0 Å². The van der Waals surface area contributed by atoms with Gasteiger partial charge in [0.2, 0.25) is 0 Å². The van der Waals surface area contributed by atoms with E-state index >= 15 is 0 Å². The van der Waals surface area contributed by atoms with Gasteiger partial charge in [0.25, 0.3) is 0 Å². The van der Waals surface area contributed by atoms with Crippen LogP contribution in [0.2, 0.25) is 0 Å². The van der Waals surface area contributed by atoms with Crippen molar-refractivity contribution in [1.29, 1.82) is 0 Å². The summed E-state index contributed by atoms with van der Waals surface area (Å²) in [6.45, 7) is 2.80. The molecule has 0 saturated heterocycles. The lowest BCUT2D eigenvalue weighted by atomic mass is 10.1. The zero-order chi connectivity index (χ0) is 16.1. The van der Waals surface area contributed by atoms with Crippen LogP contribution in [0.4, 0.5) is 5.69 Å². The van der Waals surface area contributed by atoms with Crippen LogP contribution in [0, 0.1) is 6.92 Å². The predicted octanol–water partition coefficient (Wildman–Crippen LogP) is 4.71. The Bertz CT molecular complexity index is 768. The highest BCUT2D eigenvalue weighted by Gasteiger charge is 2.09. The molecule has 0 fully saturated rings. The average Bonchev–Trinajstić information content (AvgIpc) is 2.93. The number of aryl methyl sites for hydroxylation is 2. The van der Waals surface area contributed by atoms with Crippen molar-refractivity contribution in [2.24, 2.45) is 0 Å². The van der Waals surface area contributed by atoms with Crippen LogP contribution in [-0.2, 0) is 6.42 Å². The molecule has 23 heavy (non-hydrogen) atoms. The fraction of sp³-hybridized carbons (Fsp3) is 0.211. The first-order valence-electron chi connectivity index (χ1n) is 7.72. The summed E-state index contributed by atoms with van der Waals surface area (Å²) in [7, 11) is 0. The average molecular weight is 324 g/mol. The molecule has 2 aromatic carbocycles. The zero-order valence-electron chi connectivity index (χ0n) is 13.2. The van der Waals surface area contributed by atoms with E-state index in [1.165, 1.54) is 10.4 Å². The van der Waals surface area contributed by atoms with E-state index < -0.39 is 0 Å². The Labute approximate surface area is 140 Å². The van der Waals surface area contributed by atoms with Crippen molar-refractivity contribution in [1.82, 2.24) is 4.98 Å². The summed E-state index contributed by atoms with van der Waals surface area (Å²) in [6, 6.07) is 17.9. The number of nitrogens with zero attached hydrogens (tertiary/aromatic N) is 1. The maximum Gasteiger partial charge on any atom is 0.121 e. The summed E-state index contributed by atoms with van der Waals surface area (Å²) in [5, 5.41) is 1.16. The first-order chi connectivity index (χ1) is 11.2. The van der Waals surface area contributed by atoms with E-state index in [1.807, 2.05) is 42.5 Å². The number of rotatable bonds is 6. The second-order valence-corrected chi connectivity index (χ2v) is 6.69. The first-order valence-corrected chi connectivity index (χ1v) is 8.54. The highest BCUT2D eigenvalue weighted by Crippen LogP contribution is 2.28. The molecule has 3 aromatic rings. The highest BCUT2D eigenvalue weighted by molar-refractivity contribution is 7.12. The first kappa shape index (κ1) is 15.6. The van der Waals surface area contributed by atoms with E-state index in [1.54, 1.807) is 11.3 Å². The maximum atomic E-state index is 5.74. The van der Waals surface area contributed by atoms with Crippen LogP contribution in [0.1, 0.15) is 16.3 Å². The Hall–Kier alpha value is -2.33. The summed E-state index contributed by atoms with van der Waals surface area (Å²) < 4.78 is 5.73. The lowest BCUT2D eigenvalue weighted by Gasteiger charge is -2.05. The number of ether oxygens (including phenoxy) is 1. The molecule has 3 rings (SSSR count). The van der Waals surface area contributed by atoms with Gasteiger partial charge < -0.3 is 10.5 Å². The Morgan fingerprint density at radius 2 is 1.91 bits per heavy atom. The molecule has 0 radical (unpaired) electrons. The molecule has 1 aromatic heterocycles. The van der Waals surface area contributed by atoms with Gasteiger partial charge in [0.1, 0.15) is 5.75 Å². The SMILES string of the molecule is Cc1sc(CCCOc2cccc(N)c2)nc1-c1ccccc1. The van der Waals surface area contributed by atoms with Crippen molar-refractivity contribution in [3.63, 3.8) is 0 Å². The van der Waals surface area contributed by atoms with Gasteiger partial charge >= 0.3 is 0 Å². The fourth-order valence-corrected chi connectivity index (χ4v) is 3.44. The van der Waals surface area contributed by atoms with Gasteiger partial charge in [0, 0.05) is 28.6 Å². The van der Waals surface area contributed by atoms with Gasteiger partial charge in [-0.15, -0.1) is 11.3 Å². The molecule has 1 heterocycles. The normalized spacial score (nSPS) is 10.7. The smallest absolute Gasteiger partial charge is 0.121 e. The molecule has 3 nitrogen and oxygen atoms in total. The molecule has 4 heteroatoms. The van der Waals surface area contributed by atoms with E-state index in [4.69, 9.17) is 15.5 Å². The van der Waals surface area contributed by atoms with Crippen molar-refractivity contribution in [3.05, 3.63) is 64.5 Å². The summed E-state index contributed by atoms with van der Waals surface area (Å²) in [4.78, 5) is 6.05. The Kier molecular flexibility index (Phi) is 4.93. The second-order valence-electron chi connectivity index (χ2n) is 5.40. The summed E-state index contributed by atoms with van der Waals surface area (Å²) in [5.74, 6) is 0.824. The largest absolute Gasteiger partial charge is 0.494 e. The van der Waals surface area contributed by atoms with Gasteiger partial charge in [-0.1, -0.05) is 36.4 Å². The number of thiazole rings is 1. The van der Waals surface area contributed by atoms with Gasteiger partial charge in [0.05, 0.1) is 17.3 Å². The molecule has 0 aliphatic heterocycles. The molecule has 0 aliphatic rings. The number of aromatic nitrogens is 1. The third-order valence-electron chi connectivity index (χ3n) is 3.55. The van der Waals surface area contributed by atoms with Gasteiger partial charge in [-0.25, -0.2) is 4.98 Å². The van der Waals surface area contributed by atoms with Gasteiger partial charge in [-0.2, -0.15) is 0 Å². The van der Waals surface area contributed by atoms with Gasteiger partial charge in [-0.3, -0.25) is 0 Å². The van der Waals surface area contributed by atoms with Crippen LogP contribution in [0.25, 0.3) is 11.3 Å². The minimum absolute atomic E-state index is 0.669. The molecular weight excluding hydrogens is 304 g/mol. The molecule has 0 aliphatic carbocycles. The predicted molar refractivity (Wildman–Crippen MR) is 97.0 cm³/mol. The van der Waals surface area contributed by atoms with Crippen LogP contribution in [-0.4, -0.2) is 11.6 Å². The monoisotopic (exact) mass is 324 g/mol. The lowest BCUT2D eigenvalue weighted by molar-refractivity contribution is 0.311. The van der Waals surface area contributed by atoms with Crippen molar-refractivity contribution in [2.75, 3.05) is 12.3 Å². The highest BCUT2D eigenvalue weighted by atomic mass is 32.1. The number of hydrogen-bond donors (Lipinski definition) is 1. The molecule has 0 atom stereocenters. The van der Waals surface area contributed by atoms with Crippen molar-refractivity contribution in [2.45, 2.75) is 19.8 Å². The van der Waals surface area contributed by atoms with E-state index in [0.29, 0.717) is 6.61 Å². The Morgan fingerprint density at radius 3 is 2.70 bits per heavy atom. The quantitative estimate of drug-likeness (QED) is 0.527. The third kappa shape index (κ3) is 4.11. The number of benzene rings is 2. The van der Waals surface area contributed by atoms with E-state index in [-0.39, 0.29) is 0 Å². The summed E-state index contributed by atoms with van der Waals surface area (Å²) in [6.07, 6.45) is 1.87. The molecule has 0 amide bonds.